The van der Waals surface area contributed by atoms with Crippen molar-refractivity contribution >= 4 is 40.5 Å². The van der Waals surface area contributed by atoms with E-state index in [2.05, 4.69) is 50.8 Å². The zero-order valence-electron chi connectivity index (χ0n) is 16.9. The van der Waals surface area contributed by atoms with Gasteiger partial charge in [0.1, 0.15) is 0 Å². The van der Waals surface area contributed by atoms with Crippen LogP contribution < -0.4 is 4.90 Å². The van der Waals surface area contributed by atoms with Crippen molar-refractivity contribution in [1.29, 1.82) is 5.26 Å². The maximum Gasteiger partial charge on any atom is 0.0998 e. The van der Waals surface area contributed by atoms with E-state index in [1.807, 2.05) is 18.2 Å². The molecule has 0 saturated heterocycles. The summed E-state index contributed by atoms with van der Waals surface area (Å²) in [5, 5.41) is 11.0. The van der Waals surface area contributed by atoms with Gasteiger partial charge in [-0.2, -0.15) is 5.26 Å². The lowest BCUT2D eigenvalue weighted by atomic mass is 9.79. The van der Waals surface area contributed by atoms with Crippen molar-refractivity contribution < 1.29 is 0 Å². The fraction of sp³-hybridized carbons (Fsp3) is 0.375. The standard InChI is InChI=1S/C24H26Cl2N2/c1-5-10-28-23-13-22(26)18(12-21(23)16(2)14-24(28,3)4)11-19(15-27)17-6-8-20(25)9-7-17/h6-9,11-13,16H,5,10,14H2,1-4H3/b19-11+. The van der Waals surface area contributed by atoms with Gasteiger partial charge in [-0.3, -0.25) is 0 Å². The van der Waals surface area contributed by atoms with E-state index in [1.165, 1.54) is 11.3 Å². The second kappa shape index (κ2) is 8.19. The number of rotatable bonds is 4. The summed E-state index contributed by atoms with van der Waals surface area (Å²) in [6.07, 6.45) is 4.06. The van der Waals surface area contributed by atoms with Gasteiger partial charge in [-0.1, -0.05) is 49.2 Å². The lowest BCUT2D eigenvalue weighted by Gasteiger charge is -2.47. The molecule has 3 rings (SSSR count). The summed E-state index contributed by atoms with van der Waals surface area (Å²) >= 11 is 12.7. The van der Waals surface area contributed by atoms with Crippen molar-refractivity contribution in [2.24, 2.45) is 0 Å². The highest BCUT2D eigenvalue weighted by molar-refractivity contribution is 6.32. The fourth-order valence-corrected chi connectivity index (χ4v) is 4.58. The molecule has 28 heavy (non-hydrogen) atoms. The topological polar surface area (TPSA) is 27.0 Å². The van der Waals surface area contributed by atoms with Gasteiger partial charge in [0, 0.05) is 27.8 Å². The largest absolute Gasteiger partial charge is 0.366 e. The van der Waals surface area contributed by atoms with E-state index in [9.17, 15) is 5.26 Å². The highest BCUT2D eigenvalue weighted by Crippen LogP contribution is 2.45. The first kappa shape index (κ1) is 20.8. The lowest BCUT2D eigenvalue weighted by molar-refractivity contribution is 0.376. The molecule has 0 bridgehead atoms. The summed E-state index contributed by atoms with van der Waals surface area (Å²) in [6, 6.07) is 13.8. The van der Waals surface area contributed by atoms with Crippen LogP contribution in [0.5, 0.6) is 0 Å². The SMILES string of the molecule is CCCN1c2cc(Cl)c(/C=C(\C#N)c3ccc(Cl)cc3)cc2C(C)CC1(C)C. The normalized spacial score (nSPS) is 18.5. The molecule has 1 unspecified atom stereocenters. The minimum absolute atomic E-state index is 0.101. The van der Waals surface area contributed by atoms with Crippen LogP contribution in [0.3, 0.4) is 0 Å². The molecule has 146 valence electrons. The number of nitriles is 1. The Bertz CT molecular complexity index is 936. The predicted octanol–water partition coefficient (Wildman–Crippen LogP) is 7.56. The molecule has 1 heterocycles. The number of nitrogens with zero attached hydrogens (tertiary/aromatic N) is 2. The predicted molar refractivity (Wildman–Crippen MR) is 121 cm³/mol. The molecule has 2 aromatic carbocycles. The van der Waals surface area contributed by atoms with Crippen molar-refractivity contribution in [1.82, 2.24) is 0 Å². The van der Waals surface area contributed by atoms with Crippen LogP contribution >= 0.6 is 23.2 Å². The molecule has 0 amide bonds. The average molecular weight is 413 g/mol. The molecule has 2 aromatic rings. The first-order valence-corrected chi connectivity index (χ1v) is 10.5. The Balaban J connectivity index is 2.09. The first-order valence-electron chi connectivity index (χ1n) is 9.75. The average Bonchev–Trinajstić information content (AvgIpc) is 2.64. The second-order valence-corrected chi connectivity index (χ2v) is 9.02. The molecule has 0 saturated carbocycles. The maximum atomic E-state index is 9.67. The Morgan fingerprint density at radius 2 is 1.93 bits per heavy atom. The van der Waals surface area contributed by atoms with Crippen molar-refractivity contribution in [3.8, 4) is 6.07 Å². The summed E-state index contributed by atoms with van der Waals surface area (Å²) in [5.74, 6) is 0.434. The summed E-state index contributed by atoms with van der Waals surface area (Å²) < 4.78 is 0. The van der Waals surface area contributed by atoms with E-state index >= 15 is 0 Å². The van der Waals surface area contributed by atoms with Crippen LogP contribution in [0.2, 0.25) is 10.0 Å². The summed E-state index contributed by atoms with van der Waals surface area (Å²) in [4.78, 5) is 2.48. The van der Waals surface area contributed by atoms with Crippen LogP contribution in [0.1, 0.15) is 63.1 Å². The third kappa shape index (κ3) is 4.07. The van der Waals surface area contributed by atoms with Crippen molar-refractivity contribution in [3.05, 3.63) is 63.1 Å². The number of anilines is 1. The third-order valence-electron chi connectivity index (χ3n) is 5.53. The third-order valence-corrected chi connectivity index (χ3v) is 6.11. The summed E-state index contributed by atoms with van der Waals surface area (Å²) in [7, 11) is 0. The lowest BCUT2D eigenvalue weighted by Crippen LogP contribution is -2.48. The van der Waals surface area contributed by atoms with Crippen LogP contribution in [0.15, 0.2) is 36.4 Å². The Hall–Kier alpha value is -1.95. The molecular weight excluding hydrogens is 387 g/mol. The van der Waals surface area contributed by atoms with Gasteiger partial charge >= 0.3 is 0 Å². The molecular formula is C24H26Cl2N2. The number of benzene rings is 2. The molecule has 4 heteroatoms. The number of hydrogen-bond acceptors (Lipinski definition) is 2. The molecule has 0 spiro atoms. The van der Waals surface area contributed by atoms with Crippen molar-refractivity contribution in [2.45, 2.75) is 52.0 Å². The number of fused-ring (bicyclic) bond motifs is 1. The smallest absolute Gasteiger partial charge is 0.0998 e. The van der Waals surface area contributed by atoms with Crippen molar-refractivity contribution in [2.75, 3.05) is 11.4 Å². The van der Waals surface area contributed by atoms with Gasteiger partial charge in [0.15, 0.2) is 0 Å². The molecule has 0 aromatic heterocycles. The zero-order valence-corrected chi connectivity index (χ0v) is 18.4. The van der Waals surface area contributed by atoms with Gasteiger partial charge in [-0.15, -0.1) is 0 Å². The van der Waals surface area contributed by atoms with E-state index in [0.29, 0.717) is 21.5 Å². The number of halogens is 2. The Labute approximate surface area is 178 Å². The van der Waals surface area contributed by atoms with E-state index in [4.69, 9.17) is 23.2 Å². The van der Waals surface area contributed by atoms with Crippen molar-refractivity contribution in [3.63, 3.8) is 0 Å². The quantitative estimate of drug-likeness (QED) is 0.382. The summed E-state index contributed by atoms with van der Waals surface area (Å²) in [6.45, 7) is 10.1. The van der Waals surface area contributed by atoms with Gasteiger partial charge in [0.05, 0.1) is 11.6 Å². The minimum Gasteiger partial charge on any atom is -0.366 e. The van der Waals surface area contributed by atoms with Gasteiger partial charge < -0.3 is 4.90 Å². The zero-order chi connectivity index (χ0) is 20.5. The molecule has 1 aliphatic rings. The molecule has 0 N–H and O–H groups in total. The molecule has 2 nitrogen and oxygen atoms in total. The molecule has 1 atom stereocenters. The second-order valence-electron chi connectivity index (χ2n) is 8.18. The maximum absolute atomic E-state index is 9.67. The van der Waals surface area contributed by atoms with Gasteiger partial charge in [0.2, 0.25) is 0 Å². The highest BCUT2D eigenvalue weighted by Gasteiger charge is 2.36. The monoisotopic (exact) mass is 412 g/mol. The molecule has 1 aliphatic heterocycles. The Morgan fingerprint density at radius 1 is 1.25 bits per heavy atom. The fourth-order valence-electron chi connectivity index (χ4n) is 4.24. The number of allylic oxidation sites excluding steroid dienone is 1. The molecule has 0 fully saturated rings. The van der Waals surface area contributed by atoms with Crippen LogP contribution in [-0.2, 0) is 0 Å². The Morgan fingerprint density at radius 3 is 2.54 bits per heavy atom. The van der Waals surface area contributed by atoms with Gasteiger partial charge in [0.25, 0.3) is 0 Å². The summed E-state index contributed by atoms with van der Waals surface area (Å²) in [5.41, 5.74) is 4.92. The number of hydrogen-bond donors (Lipinski definition) is 0. The van der Waals surface area contributed by atoms with Gasteiger partial charge in [-0.05, 0) is 79.6 Å². The van der Waals surface area contributed by atoms with Gasteiger partial charge in [-0.25, -0.2) is 0 Å². The first-order chi connectivity index (χ1) is 13.3. The van der Waals surface area contributed by atoms with Crippen LogP contribution in [0, 0.1) is 11.3 Å². The Kier molecular flexibility index (Phi) is 6.08. The molecule has 0 aliphatic carbocycles. The van der Waals surface area contributed by atoms with Crippen LogP contribution in [0.25, 0.3) is 11.6 Å². The minimum atomic E-state index is 0.101. The van der Waals surface area contributed by atoms with E-state index in [-0.39, 0.29) is 5.54 Å². The van der Waals surface area contributed by atoms with Crippen LogP contribution in [-0.4, -0.2) is 12.1 Å². The van der Waals surface area contributed by atoms with E-state index in [0.717, 1.165) is 30.5 Å². The van der Waals surface area contributed by atoms with E-state index in [1.54, 1.807) is 12.1 Å². The highest BCUT2D eigenvalue weighted by atomic mass is 35.5. The van der Waals surface area contributed by atoms with Crippen LogP contribution in [0.4, 0.5) is 5.69 Å². The molecule has 0 radical (unpaired) electrons. The van der Waals surface area contributed by atoms with E-state index < -0.39 is 0 Å².